The van der Waals surface area contributed by atoms with Gasteiger partial charge in [-0.2, -0.15) is 0 Å². The van der Waals surface area contributed by atoms with Gasteiger partial charge in [0.15, 0.2) is 0 Å². The molecule has 0 saturated carbocycles. The second kappa shape index (κ2) is 9.65. The van der Waals surface area contributed by atoms with Gasteiger partial charge in [-0.25, -0.2) is 0 Å². The molecular weight excluding hydrogens is 376 g/mol. The molecule has 1 aromatic rings. The normalized spacial score (nSPS) is 15.8. The number of carbonyl (C=O) groups excluding carboxylic acids is 1. The fourth-order valence-corrected chi connectivity index (χ4v) is 3.32. The van der Waals surface area contributed by atoms with Crippen molar-refractivity contribution in [2.45, 2.75) is 44.9 Å². The van der Waals surface area contributed by atoms with Crippen molar-refractivity contribution in [3.8, 4) is 0 Å². The molecule has 1 fully saturated rings. The Morgan fingerprint density at radius 3 is 2.70 bits per heavy atom. The molecule has 1 amide bonds. The number of rotatable bonds is 6. The van der Waals surface area contributed by atoms with E-state index in [-0.39, 0.29) is 23.7 Å². The minimum atomic E-state index is -0.0613. The second-order valence-corrected chi connectivity index (χ2v) is 7.82. The Hall–Kier alpha value is -0.580. The highest BCUT2D eigenvalue weighted by atomic mass is 79.9. The fraction of sp³-hybridized carbons (Fsp3) is 0.611. The average molecular weight is 404 g/mol. The van der Waals surface area contributed by atoms with E-state index >= 15 is 0 Å². The number of hydrogen-bond donors (Lipinski definition) is 2. The third-order valence-electron chi connectivity index (χ3n) is 4.57. The van der Waals surface area contributed by atoms with E-state index in [0.717, 1.165) is 24.0 Å². The summed E-state index contributed by atoms with van der Waals surface area (Å²) in [4.78, 5) is 12.1. The van der Waals surface area contributed by atoms with Gasteiger partial charge in [-0.05, 0) is 56.0 Å². The van der Waals surface area contributed by atoms with Crippen molar-refractivity contribution in [3.63, 3.8) is 0 Å². The largest absolute Gasteiger partial charge is 0.355 e. The number of benzene rings is 1. The molecule has 5 heteroatoms. The van der Waals surface area contributed by atoms with Crippen LogP contribution in [0, 0.1) is 5.92 Å². The Kier molecular flexibility index (Phi) is 8.59. The monoisotopic (exact) mass is 402 g/mol. The molecule has 0 unspecified atom stereocenters. The zero-order valence-corrected chi connectivity index (χ0v) is 16.4. The van der Waals surface area contributed by atoms with E-state index in [9.17, 15) is 4.79 Å². The van der Waals surface area contributed by atoms with E-state index in [4.69, 9.17) is 0 Å². The van der Waals surface area contributed by atoms with Crippen molar-refractivity contribution in [2.75, 3.05) is 19.6 Å². The van der Waals surface area contributed by atoms with Crippen molar-refractivity contribution in [1.29, 1.82) is 0 Å². The van der Waals surface area contributed by atoms with Gasteiger partial charge in [-0.1, -0.05) is 41.9 Å². The first kappa shape index (κ1) is 20.5. The lowest BCUT2D eigenvalue weighted by molar-refractivity contribution is -0.121. The number of carbonyl (C=O) groups is 1. The van der Waals surface area contributed by atoms with E-state index in [1.807, 2.05) is 12.1 Å². The van der Waals surface area contributed by atoms with Crippen LogP contribution >= 0.6 is 28.3 Å². The third kappa shape index (κ3) is 6.82. The van der Waals surface area contributed by atoms with Gasteiger partial charge in [-0.3, -0.25) is 4.79 Å². The molecule has 0 bridgehead atoms. The maximum atomic E-state index is 12.1. The summed E-state index contributed by atoms with van der Waals surface area (Å²) in [6, 6.07) is 8.31. The average Bonchev–Trinajstić information content (AvgIpc) is 2.52. The Morgan fingerprint density at radius 1 is 1.35 bits per heavy atom. The topological polar surface area (TPSA) is 41.1 Å². The highest BCUT2D eigenvalue weighted by Crippen LogP contribution is 2.25. The van der Waals surface area contributed by atoms with Crippen LogP contribution in [0.25, 0.3) is 0 Å². The van der Waals surface area contributed by atoms with Crippen molar-refractivity contribution >= 4 is 34.2 Å². The Balaban J connectivity index is 0.00000264. The Morgan fingerprint density at radius 2 is 2.04 bits per heavy atom. The first-order valence-corrected chi connectivity index (χ1v) is 9.00. The summed E-state index contributed by atoms with van der Waals surface area (Å²) in [6.45, 7) is 7.21. The summed E-state index contributed by atoms with van der Waals surface area (Å²) in [5.41, 5.74) is 1.18. The molecule has 23 heavy (non-hydrogen) atoms. The SMILES string of the molecule is CC(C)(CNC(=O)CCC1CCNCC1)c1cccc(Br)c1.Cl. The van der Waals surface area contributed by atoms with Gasteiger partial charge in [0.25, 0.3) is 0 Å². The number of amides is 1. The van der Waals surface area contributed by atoms with Gasteiger partial charge < -0.3 is 10.6 Å². The molecule has 0 radical (unpaired) electrons. The molecule has 130 valence electrons. The van der Waals surface area contributed by atoms with Gasteiger partial charge in [0.05, 0.1) is 0 Å². The smallest absolute Gasteiger partial charge is 0.220 e. The van der Waals surface area contributed by atoms with Gasteiger partial charge in [-0.15, -0.1) is 12.4 Å². The molecule has 1 aliphatic heterocycles. The lowest BCUT2D eigenvalue weighted by Crippen LogP contribution is -2.37. The molecule has 3 nitrogen and oxygen atoms in total. The summed E-state index contributed by atoms with van der Waals surface area (Å²) in [5.74, 6) is 0.895. The molecule has 2 N–H and O–H groups in total. The number of halogens is 2. The van der Waals surface area contributed by atoms with Gasteiger partial charge in [0.1, 0.15) is 0 Å². The molecule has 0 aliphatic carbocycles. The minimum Gasteiger partial charge on any atom is -0.355 e. The summed E-state index contributed by atoms with van der Waals surface area (Å²) in [6.07, 6.45) is 4.08. The molecular formula is C18H28BrClN2O. The van der Waals surface area contributed by atoms with Crippen LogP contribution in [-0.2, 0) is 10.2 Å². The lowest BCUT2D eigenvalue weighted by Gasteiger charge is -2.26. The number of hydrogen-bond acceptors (Lipinski definition) is 2. The maximum absolute atomic E-state index is 12.1. The van der Waals surface area contributed by atoms with Crippen LogP contribution < -0.4 is 10.6 Å². The summed E-state index contributed by atoms with van der Waals surface area (Å²) < 4.78 is 1.08. The van der Waals surface area contributed by atoms with Crippen LogP contribution in [-0.4, -0.2) is 25.5 Å². The zero-order valence-electron chi connectivity index (χ0n) is 14.0. The molecule has 1 heterocycles. The second-order valence-electron chi connectivity index (χ2n) is 6.90. The van der Waals surface area contributed by atoms with Crippen LogP contribution in [0.2, 0.25) is 0 Å². The van der Waals surface area contributed by atoms with Crippen LogP contribution in [0.3, 0.4) is 0 Å². The Labute approximate surface area is 154 Å². The van der Waals surface area contributed by atoms with Crippen molar-refractivity contribution < 1.29 is 4.79 Å². The van der Waals surface area contributed by atoms with Crippen LogP contribution in [0.5, 0.6) is 0 Å². The first-order valence-electron chi connectivity index (χ1n) is 8.21. The van der Waals surface area contributed by atoms with Gasteiger partial charge in [0, 0.05) is 22.9 Å². The summed E-state index contributed by atoms with van der Waals surface area (Å²) in [5, 5.41) is 6.48. The molecule has 1 aliphatic rings. The highest BCUT2D eigenvalue weighted by molar-refractivity contribution is 9.10. The van der Waals surface area contributed by atoms with E-state index in [0.29, 0.717) is 18.9 Å². The van der Waals surface area contributed by atoms with E-state index in [1.165, 1.54) is 18.4 Å². The van der Waals surface area contributed by atoms with Gasteiger partial charge in [0.2, 0.25) is 5.91 Å². The molecule has 1 saturated heterocycles. The molecule has 0 atom stereocenters. The highest BCUT2D eigenvalue weighted by Gasteiger charge is 2.22. The van der Waals surface area contributed by atoms with Crippen molar-refractivity contribution in [1.82, 2.24) is 10.6 Å². The summed E-state index contributed by atoms with van der Waals surface area (Å²) in [7, 11) is 0. The molecule has 1 aromatic carbocycles. The van der Waals surface area contributed by atoms with Crippen molar-refractivity contribution in [2.24, 2.45) is 5.92 Å². The van der Waals surface area contributed by atoms with E-state index in [2.05, 4.69) is 52.5 Å². The fourth-order valence-electron chi connectivity index (χ4n) is 2.93. The lowest BCUT2D eigenvalue weighted by atomic mass is 9.84. The van der Waals surface area contributed by atoms with Crippen molar-refractivity contribution in [3.05, 3.63) is 34.3 Å². The minimum absolute atomic E-state index is 0. The van der Waals surface area contributed by atoms with E-state index < -0.39 is 0 Å². The third-order valence-corrected chi connectivity index (χ3v) is 5.07. The molecule has 2 rings (SSSR count). The first-order chi connectivity index (χ1) is 10.5. The zero-order chi connectivity index (χ0) is 16.0. The number of piperidine rings is 1. The quantitative estimate of drug-likeness (QED) is 0.752. The van der Waals surface area contributed by atoms with Crippen LogP contribution in [0.4, 0.5) is 0 Å². The number of nitrogens with one attached hydrogen (secondary N) is 2. The van der Waals surface area contributed by atoms with Crippen LogP contribution in [0.15, 0.2) is 28.7 Å². The van der Waals surface area contributed by atoms with Crippen LogP contribution in [0.1, 0.15) is 45.1 Å². The molecule has 0 spiro atoms. The predicted molar refractivity (Wildman–Crippen MR) is 102 cm³/mol. The molecule has 0 aromatic heterocycles. The van der Waals surface area contributed by atoms with Gasteiger partial charge >= 0.3 is 0 Å². The Bertz CT molecular complexity index is 502. The standard InChI is InChI=1S/C18H27BrN2O.ClH/c1-18(2,15-4-3-5-16(19)12-15)13-21-17(22)7-6-14-8-10-20-11-9-14;/h3-5,12,14,20H,6-11,13H2,1-2H3,(H,21,22);1H. The predicted octanol–water partition coefficient (Wildman–Crippen LogP) is 4.04. The maximum Gasteiger partial charge on any atom is 0.220 e. The summed E-state index contributed by atoms with van der Waals surface area (Å²) >= 11 is 3.51. The van der Waals surface area contributed by atoms with E-state index in [1.54, 1.807) is 0 Å².